The maximum Gasteiger partial charge on any atom is 0.317 e. The number of carbonyl (C=O) groups is 2. The zero-order valence-electron chi connectivity index (χ0n) is 14.5. The van der Waals surface area contributed by atoms with Crippen LogP contribution in [0.15, 0.2) is 23.8 Å². The molecule has 2 aliphatic rings. The number of benzene rings is 1. The Morgan fingerprint density at radius 3 is 3.00 bits per heavy atom. The molecule has 3 rings (SSSR count). The molecule has 140 valence electrons. The fraction of sp³-hybridized carbons (Fsp3) is 0.444. The molecule has 2 heterocycles. The van der Waals surface area contributed by atoms with E-state index in [2.05, 4.69) is 0 Å². The third kappa shape index (κ3) is 4.55. The lowest BCUT2D eigenvalue weighted by Gasteiger charge is -2.35. The minimum absolute atomic E-state index is 0.0651. The summed E-state index contributed by atoms with van der Waals surface area (Å²) >= 11 is 6.01. The number of carboxylic acids is 1. The number of hydrogen-bond acceptors (Lipinski definition) is 5. The lowest BCUT2D eigenvalue weighted by molar-refractivity contribution is -0.140. The number of amides is 1. The molecule has 1 fully saturated rings. The quantitative estimate of drug-likeness (QED) is 0.831. The van der Waals surface area contributed by atoms with Crippen molar-refractivity contribution in [3.63, 3.8) is 0 Å². The van der Waals surface area contributed by atoms with Gasteiger partial charge in [0.25, 0.3) is 5.91 Å². The third-order valence-electron chi connectivity index (χ3n) is 4.31. The van der Waals surface area contributed by atoms with Crippen LogP contribution in [0.4, 0.5) is 0 Å². The van der Waals surface area contributed by atoms with Gasteiger partial charge in [-0.1, -0.05) is 11.6 Å². The van der Waals surface area contributed by atoms with Gasteiger partial charge in [-0.2, -0.15) is 0 Å². The zero-order valence-corrected chi connectivity index (χ0v) is 15.2. The summed E-state index contributed by atoms with van der Waals surface area (Å²) in [6.45, 7) is 1.94. The smallest absolute Gasteiger partial charge is 0.317 e. The average molecular weight is 381 g/mol. The number of fused-ring (bicyclic) bond motifs is 1. The Balaban J connectivity index is 1.65. The monoisotopic (exact) mass is 380 g/mol. The standard InChI is InChI=1S/C18H21ClN2O5/c1-20(10-17(22)23)8-15-9-21(4-5-25-15)18(24)13-6-12-7-14(19)2-3-16(12)26-11-13/h2-3,6-7,15H,4-5,8-11H2,1H3,(H,22,23). The van der Waals surface area contributed by atoms with Gasteiger partial charge in [0.15, 0.2) is 0 Å². The highest BCUT2D eigenvalue weighted by molar-refractivity contribution is 6.30. The summed E-state index contributed by atoms with van der Waals surface area (Å²) in [4.78, 5) is 27.0. The Bertz CT molecular complexity index is 736. The van der Waals surface area contributed by atoms with Gasteiger partial charge in [-0.05, 0) is 31.3 Å². The summed E-state index contributed by atoms with van der Waals surface area (Å²) in [5.74, 6) is -0.274. The van der Waals surface area contributed by atoms with Crippen LogP contribution in [0.3, 0.4) is 0 Å². The number of morpholine rings is 1. The van der Waals surface area contributed by atoms with Crippen molar-refractivity contribution < 1.29 is 24.2 Å². The molecule has 0 radical (unpaired) electrons. The van der Waals surface area contributed by atoms with Crippen LogP contribution >= 0.6 is 11.6 Å². The number of aliphatic carboxylic acids is 1. The van der Waals surface area contributed by atoms with Gasteiger partial charge in [-0.3, -0.25) is 14.5 Å². The molecule has 1 aromatic carbocycles. The molecule has 8 heteroatoms. The molecule has 26 heavy (non-hydrogen) atoms. The van der Waals surface area contributed by atoms with Crippen molar-refractivity contribution in [1.29, 1.82) is 0 Å². The molecular formula is C18H21ClN2O5. The summed E-state index contributed by atoms with van der Waals surface area (Å²) in [6.07, 6.45) is 1.59. The average Bonchev–Trinajstić information content (AvgIpc) is 2.60. The van der Waals surface area contributed by atoms with E-state index >= 15 is 0 Å². The van der Waals surface area contributed by atoms with Gasteiger partial charge in [0.1, 0.15) is 12.4 Å². The van der Waals surface area contributed by atoms with Crippen LogP contribution in [-0.2, 0) is 14.3 Å². The van der Waals surface area contributed by atoms with Crippen LogP contribution in [0.2, 0.25) is 5.02 Å². The normalized spacial score (nSPS) is 19.6. The van der Waals surface area contributed by atoms with E-state index in [4.69, 9.17) is 26.2 Å². The Hall–Kier alpha value is -2.09. The third-order valence-corrected chi connectivity index (χ3v) is 4.54. The summed E-state index contributed by atoms with van der Waals surface area (Å²) in [6, 6.07) is 5.31. The number of hydrogen-bond donors (Lipinski definition) is 1. The van der Waals surface area contributed by atoms with E-state index in [1.54, 1.807) is 35.0 Å². The summed E-state index contributed by atoms with van der Waals surface area (Å²) in [5.41, 5.74) is 1.36. The SMILES string of the molecule is CN(CC(=O)O)CC1CN(C(=O)C2=Cc3cc(Cl)ccc3OC2)CCO1. The van der Waals surface area contributed by atoms with E-state index in [-0.39, 0.29) is 25.2 Å². The minimum atomic E-state index is -0.891. The van der Waals surface area contributed by atoms with E-state index in [1.807, 2.05) is 6.08 Å². The van der Waals surface area contributed by atoms with E-state index in [1.165, 1.54) is 0 Å². The molecule has 0 saturated carbocycles. The largest absolute Gasteiger partial charge is 0.488 e. The predicted octanol–water partition coefficient (Wildman–Crippen LogP) is 1.36. The molecule has 1 N–H and O–H groups in total. The van der Waals surface area contributed by atoms with Crippen LogP contribution in [0.25, 0.3) is 6.08 Å². The highest BCUT2D eigenvalue weighted by Gasteiger charge is 2.28. The van der Waals surface area contributed by atoms with E-state index < -0.39 is 5.97 Å². The molecule has 1 amide bonds. The van der Waals surface area contributed by atoms with Crippen molar-refractivity contribution in [2.24, 2.45) is 0 Å². The van der Waals surface area contributed by atoms with Gasteiger partial charge in [0.2, 0.25) is 0 Å². The highest BCUT2D eigenvalue weighted by Crippen LogP contribution is 2.29. The molecule has 0 spiro atoms. The molecule has 0 aromatic heterocycles. The van der Waals surface area contributed by atoms with Gasteiger partial charge in [-0.25, -0.2) is 0 Å². The van der Waals surface area contributed by atoms with Crippen LogP contribution in [0, 0.1) is 0 Å². The van der Waals surface area contributed by atoms with Gasteiger partial charge >= 0.3 is 5.97 Å². The summed E-state index contributed by atoms with van der Waals surface area (Å²) < 4.78 is 11.3. The lowest BCUT2D eigenvalue weighted by Crippen LogP contribution is -2.50. The van der Waals surface area contributed by atoms with E-state index in [9.17, 15) is 9.59 Å². The molecular weight excluding hydrogens is 360 g/mol. The number of carbonyl (C=O) groups excluding carboxylic acids is 1. The maximum absolute atomic E-state index is 12.8. The van der Waals surface area contributed by atoms with Crippen LogP contribution < -0.4 is 4.74 Å². The second kappa shape index (κ2) is 8.07. The molecule has 0 aliphatic carbocycles. The van der Waals surface area contributed by atoms with E-state index in [0.717, 1.165) is 5.56 Å². The Morgan fingerprint density at radius 1 is 1.42 bits per heavy atom. The van der Waals surface area contributed by atoms with Gasteiger partial charge in [0.05, 0.1) is 24.8 Å². The van der Waals surface area contributed by atoms with Gasteiger partial charge < -0.3 is 19.5 Å². The van der Waals surface area contributed by atoms with Crippen molar-refractivity contribution in [2.75, 3.05) is 46.4 Å². The number of rotatable bonds is 5. The number of halogens is 1. The van der Waals surface area contributed by atoms with Gasteiger partial charge in [-0.15, -0.1) is 0 Å². The first-order valence-corrected chi connectivity index (χ1v) is 8.74. The highest BCUT2D eigenvalue weighted by atomic mass is 35.5. The molecule has 1 aromatic rings. The second-order valence-corrected chi connectivity index (χ2v) is 6.91. The van der Waals surface area contributed by atoms with E-state index in [0.29, 0.717) is 42.6 Å². The number of likely N-dealkylation sites (N-methyl/N-ethyl adjacent to an activating group) is 1. The van der Waals surface area contributed by atoms with Crippen molar-refractivity contribution in [1.82, 2.24) is 9.80 Å². The number of nitrogens with zero attached hydrogens (tertiary/aromatic N) is 2. The lowest BCUT2D eigenvalue weighted by atomic mass is 10.1. The molecule has 2 aliphatic heterocycles. The topological polar surface area (TPSA) is 79.3 Å². The second-order valence-electron chi connectivity index (χ2n) is 6.47. The Kier molecular flexibility index (Phi) is 5.80. The zero-order chi connectivity index (χ0) is 18.7. The fourth-order valence-corrected chi connectivity index (χ4v) is 3.31. The van der Waals surface area contributed by atoms with Crippen molar-refractivity contribution in [3.05, 3.63) is 34.4 Å². The molecule has 1 unspecified atom stereocenters. The minimum Gasteiger partial charge on any atom is -0.488 e. The maximum atomic E-state index is 12.8. The molecule has 0 bridgehead atoms. The summed E-state index contributed by atoms with van der Waals surface area (Å²) in [7, 11) is 1.72. The van der Waals surface area contributed by atoms with Gasteiger partial charge in [0, 0.05) is 30.2 Å². The number of ether oxygens (including phenoxy) is 2. The molecule has 7 nitrogen and oxygen atoms in total. The predicted molar refractivity (Wildman–Crippen MR) is 96.4 cm³/mol. The molecule has 1 saturated heterocycles. The van der Waals surface area contributed by atoms with Crippen molar-refractivity contribution >= 4 is 29.6 Å². The van der Waals surface area contributed by atoms with Crippen LogP contribution in [0.1, 0.15) is 5.56 Å². The Labute approximate surface area is 156 Å². The molecule has 1 atom stereocenters. The van der Waals surface area contributed by atoms with Crippen LogP contribution in [0.5, 0.6) is 5.75 Å². The summed E-state index contributed by atoms with van der Waals surface area (Å²) in [5, 5.41) is 9.43. The number of carboxylic acid groups (broad SMARTS) is 1. The fourth-order valence-electron chi connectivity index (χ4n) is 3.13. The van der Waals surface area contributed by atoms with Crippen LogP contribution in [-0.4, -0.2) is 79.3 Å². The van der Waals surface area contributed by atoms with Crippen molar-refractivity contribution in [2.45, 2.75) is 6.10 Å². The first kappa shape index (κ1) is 18.7. The first-order chi connectivity index (χ1) is 12.4. The Morgan fingerprint density at radius 2 is 2.23 bits per heavy atom. The first-order valence-electron chi connectivity index (χ1n) is 8.36. The van der Waals surface area contributed by atoms with Crippen molar-refractivity contribution in [3.8, 4) is 5.75 Å².